The minimum Gasteiger partial charge on any atom is -0.380 e. The molecule has 2 heteroatoms. The second-order valence-corrected chi connectivity index (χ2v) is 6.24. The van der Waals surface area contributed by atoms with Gasteiger partial charge < -0.3 is 10.1 Å². The van der Waals surface area contributed by atoms with Gasteiger partial charge in [0.05, 0.1) is 12.0 Å². The Kier molecular flexibility index (Phi) is 4.07. The van der Waals surface area contributed by atoms with Crippen LogP contribution in [0.5, 0.6) is 0 Å². The fourth-order valence-electron chi connectivity index (χ4n) is 4.13. The van der Waals surface area contributed by atoms with E-state index in [2.05, 4.69) is 62.5 Å². The molecule has 0 saturated carbocycles. The van der Waals surface area contributed by atoms with E-state index in [4.69, 9.17) is 4.74 Å². The van der Waals surface area contributed by atoms with Crippen molar-refractivity contribution in [1.82, 2.24) is 5.32 Å². The quantitative estimate of drug-likeness (QED) is 0.905. The van der Waals surface area contributed by atoms with E-state index in [1.165, 1.54) is 33.4 Å². The minimum atomic E-state index is -0.0912. The molecule has 0 radical (unpaired) electrons. The Bertz CT molecular complexity index is 639. The zero-order chi connectivity index (χ0) is 15.7. The Morgan fingerprint density at radius 2 is 1.50 bits per heavy atom. The first kappa shape index (κ1) is 15.3. The summed E-state index contributed by atoms with van der Waals surface area (Å²) in [5.41, 5.74) is 8.21. The molecule has 1 N–H and O–H groups in total. The number of rotatable bonds is 5. The van der Waals surface area contributed by atoms with E-state index in [1.807, 2.05) is 7.05 Å². The Morgan fingerprint density at radius 1 is 0.955 bits per heavy atom. The standard InChI is InChI=1S/C20H25NO/c1-5-22-13-20(12-21-4)18-14(2)8-6-10-16(18)17-11-7-9-15(3)19(17)20/h6-11,21H,5,12-13H2,1-4H3. The molecular formula is C20H25NO. The van der Waals surface area contributed by atoms with E-state index < -0.39 is 0 Å². The molecule has 0 bridgehead atoms. The Labute approximate surface area is 133 Å². The normalized spacial score (nSPS) is 14.7. The average Bonchev–Trinajstić information content (AvgIpc) is 2.79. The van der Waals surface area contributed by atoms with Gasteiger partial charge in [-0.2, -0.15) is 0 Å². The van der Waals surface area contributed by atoms with Crippen LogP contribution in [0.3, 0.4) is 0 Å². The fraction of sp³-hybridized carbons (Fsp3) is 0.400. The summed E-state index contributed by atoms with van der Waals surface area (Å²) in [5, 5.41) is 3.42. The lowest BCUT2D eigenvalue weighted by molar-refractivity contribution is 0.107. The van der Waals surface area contributed by atoms with Gasteiger partial charge in [-0.05, 0) is 61.2 Å². The van der Waals surface area contributed by atoms with E-state index in [0.717, 1.165) is 19.8 Å². The fourth-order valence-corrected chi connectivity index (χ4v) is 4.13. The largest absolute Gasteiger partial charge is 0.380 e. The zero-order valence-corrected chi connectivity index (χ0v) is 14.0. The van der Waals surface area contributed by atoms with E-state index in [9.17, 15) is 0 Å². The number of aryl methyl sites for hydroxylation is 2. The van der Waals surface area contributed by atoms with Gasteiger partial charge in [-0.1, -0.05) is 36.4 Å². The molecule has 3 rings (SSSR count). The molecule has 22 heavy (non-hydrogen) atoms. The average molecular weight is 295 g/mol. The smallest absolute Gasteiger partial charge is 0.0616 e. The van der Waals surface area contributed by atoms with E-state index in [-0.39, 0.29) is 5.41 Å². The van der Waals surface area contributed by atoms with Gasteiger partial charge >= 0.3 is 0 Å². The predicted octanol–water partition coefficient (Wildman–Crippen LogP) is 3.83. The first-order valence-electron chi connectivity index (χ1n) is 8.08. The third kappa shape index (κ3) is 2.10. The molecule has 2 aromatic rings. The van der Waals surface area contributed by atoms with Crippen LogP contribution in [0, 0.1) is 13.8 Å². The van der Waals surface area contributed by atoms with Crippen LogP contribution in [0.15, 0.2) is 36.4 Å². The van der Waals surface area contributed by atoms with Crippen molar-refractivity contribution < 1.29 is 4.74 Å². The Balaban J connectivity index is 2.33. The lowest BCUT2D eigenvalue weighted by atomic mass is 9.75. The summed E-state index contributed by atoms with van der Waals surface area (Å²) < 4.78 is 5.96. The molecule has 0 amide bonds. The molecule has 0 spiro atoms. The maximum absolute atomic E-state index is 5.96. The van der Waals surface area contributed by atoms with Crippen molar-refractivity contribution >= 4 is 0 Å². The number of hydrogen-bond donors (Lipinski definition) is 1. The highest BCUT2D eigenvalue weighted by Gasteiger charge is 2.44. The molecule has 0 aromatic heterocycles. The van der Waals surface area contributed by atoms with Gasteiger partial charge in [0.25, 0.3) is 0 Å². The number of benzene rings is 2. The number of nitrogens with one attached hydrogen (secondary N) is 1. The molecule has 0 heterocycles. The van der Waals surface area contributed by atoms with Gasteiger partial charge in [-0.25, -0.2) is 0 Å². The third-order valence-corrected chi connectivity index (χ3v) is 4.82. The van der Waals surface area contributed by atoms with Gasteiger partial charge in [0.15, 0.2) is 0 Å². The van der Waals surface area contributed by atoms with Gasteiger partial charge in [-0.15, -0.1) is 0 Å². The lowest BCUT2D eigenvalue weighted by Crippen LogP contribution is -2.41. The molecule has 0 aliphatic heterocycles. The molecule has 0 atom stereocenters. The van der Waals surface area contributed by atoms with Crippen LogP contribution in [-0.4, -0.2) is 26.8 Å². The Hall–Kier alpha value is -1.64. The monoisotopic (exact) mass is 295 g/mol. The molecule has 0 unspecified atom stereocenters. The topological polar surface area (TPSA) is 21.3 Å². The summed E-state index contributed by atoms with van der Waals surface area (Å²) in [7, 11) is 2.03. The maximum Gasteiger partial charge on any atom is 0.0616 e. The molecule has 116 valence electrons. The molecule has 1 aliphatic rings. The van der Waals surface area contributed by atoms with Crippen LogP contribution < -0.4 is 5.32 Å². The van der Waals surface area contributed by atoms with Gasteiger partial charge in [0.2, 0.25) is 0 Å². The highest BCUT2D eigenvalue weighted by atomic mass is 16.5. The number of hydrogen-bond acceptors (Lipinski definition) is 2. The van der Waals surface area contributed by atoms with E-state index in [0.29, 0.717) is 0 Å². The molecule has 2 aromatic carbocycles. The van der Waals surface area contributed by atoms with E-state index in [1.54, 1.807) is 0 Å². The predicted molar refractivity (Wildman–Crippen MR) is 92.6 cm³/mol. The van der Waals surface area contributed by atoms with Gasteiger partial charge in [0, 0.05) is 13.2 Å². The van der Waals surface area contributed by atoms with Crippen LogP contribution in [0.4, 0.5) is 0 Å². The summed E-state index contributed by atoms with van der Waals surface area (Å²) in [6.45, 7) is 8.86. The van der Waals surface area contributed by atoms with Crippen molar-refractivity contribution in [3.63, 3.8) is 0 Å². The first-order chi connectivity index (χ1) is 10.7. The zero-order valence-electron chi connectivity index (χ0n) is 14.0. The van der Waals surface area contributed by atoms with Crippen LogP contribution in [0.25, 0.3) is 11.1 Å². The van der Waals surface area contributed by atoms with Crippen molar-refractivity contribution in [3.8, 4) is 11.1 Å². The Morgan fingerprint density at radius 3 is 1.95 bits per heavy atom. The van der Waals surface area contributed by atoms with Crippen molar-refractivity contribution in [2.45, 2.75) is 26.2 Å². The van der Waals surface area contributed by atoms with Crippen molar-refractivity contribution in [2.75, 3.05) is 26.8 Å². The first-order valence-corrected chi connectivity index (χ1v) is 8.08. The molecule has 0 fully saturated rings. The highest BCUT2D eigenvalue weighted by Crippen LogP contribution is 2.51. The highest BCUT2D eigenvalue weighted by molar-refractivity contribution is 5.83. The van der Waals surface area contributed by atoms with Crippen LogP contribution in [0.2, 0.25) is 0 Å². The second-order valence-electron chi connectivity index (χ2n) is 6.24. The number of ether oxygens (including phenoxy) is 1. The van der Waals surface area contributed by atoms with Crippen LogP contribution in [0.1, 0.15) is 29.2 Å². The van der Waals surface area contributed by atoms with Crippen molar-refractivity contribution in [1.29, 1.82) is 0 Å². The lowest BCUT2D eigenvalue weighted by Gasteiger charge is -2.33. The molecule has 2 nitrogen and oxygen atoms in total. The maximum atomic E-state index is 5.96. The minimum absolute atomic E-state index is 0.0912. The second kappa shape index (κ2) is 5.86. The third-order valence-electron chi connectivity index (χ3n) is 4.82. The van der Waals surface area contributed by atoms with E-state index >= 15 is 0 Å². The summed E-state index contributed by atoms with van der Waals surface area (Å²) in [6, 6.07) is 13.3. The summed E-state index contributed by atoms with van der Waals surface area (Å²) in [5.74, 6) is 0. The summed E-state index contributed by atoms with van der Waals surface area (Å²) >= 11 is 0. The van der Waals surface area contributed by atoms with Gasteiger partial charge in [0.1, 0.15) is 0 Å². The van der Waals surface area contributed by atoms with Crippen LogP contribution in [-0.2, 0) is 10.2 Å². The van der Waals surface area contributed by atoms with Crippen molar-refractivity contribution in [3.05, 3.63) is 58.7 Å². The summed E-state index contributed by atoms with van der Waals surface area (Å²) in [4.78, 5) is 0. The van der Waals surface area contributed by atoms with Crippen molar-refractivity contribution in [2.24, 2.45) is 0 Å². The van der Waals surface area contributed by atoms with Gasteiger partial charge in [-0.3, -0.25) is 0 Å². The molecular weight excluding hydrogens is 270 g/mol. The number of fused-ring (bicyclic) bond motifs is 3. The van der Waals surface area contributed by atoms with Crippen LogP contribution >= 0.6 is 0 Å². The SMILES string of the molecule is CCOCC1(CNC)c2c(C)cccc2-c2cccc(C)c21. The molecule has 1 aliphatic carbocycles. The number of likely N-dealkylation sites (N-methyl/N-ethyl adjacent to an activating group) is 1. The molecule has 0 saturated heterocycles. The summed E-state index contributed by atoms with van der Waals surface area (Å²) in [6.07, 6.45) is 0.